The van der Waals surface area contributed by atoms with Crippen LogP contribution in [0.5, 0.6) is 11.5 Å². The fourth-order valence-corrected chi connectivity index (χ4v) is 2.04. The number of methoxy groups -OCH3 is 1. The van der Waals surface area contributed by atoms with Crippen LogP contribution in [0.3, 0.4) is 0 Å². The molecule has 0 saturated carbocycles. The van der Waals surface area contributed by atoms with E-state index in [1.54, 1.807) is 7.11 Å². The van der Waals surface area contributed by atoms with Gasteiger partial charge in [0.25, 0.3) is 0 Å². The van der Waals surface area contributed by atoms with Crippen molar-refractivity contribution in [2.45, 2.75) is 20.0 Å². The summed E-state index contributed by atoms with van der Waals surface area (Å²) in [5.41, 5.74) is 2.46. The molecule has 0 aromatic heterocycles. The van der Waals surface area contributed by atoms with Crippen LogP contribution in [0.25, 0.3) is 0 Å². The topological polar surface area (TPSA) is 30.5 Å². The molecule has 3 nitrogen and oxygen atoms in total. The molecule has 0 amide bonds. The lowest BCUT2D eigenvalue weighted by Gasteiger charge is -2.11. The van der Waals surface area contributed by atoms with Gasteiger partial charge in [-0.3, -0.25) is 0 Å². The van der Waals surface area contributed by atoms with Crippen LogP contribution in [0.15, 0.2) is 48.5 Å². The average molecular weight is 271 g/mol. The summed E-state index contributed by atoms with van der Waals surface area (Å²) in [5, 5.41) is 3.42. The molecular formula is C17H21NO2. The van der Waals surface area contributed by atoms with Gasteiger partial charge in [0.2, 0.25) is 0 Å². The molecule has 0 saturated heterocycles. The molecule has 0 unspecified atom stereocenters. The van der Waals surface area contributed by atoms with Crippen LogP contribution in [-0.4, -0.2) is 13.7 Å². The van der Waals surface area contributed by atoms with Gasteiger partial charge in [-0.1, -0.05) is 36.4 Å². The molecule has 0 radical (unpaired) electrons. The standard InChI is InChI=1S/C17H21NO2/c1-3-20-16-10-9-15(11-17(16)19-2)13-18-12-14-7-5-4-6-8-14/h4-11,18H,3,12-13H2,1-2H3. The molecule has 0 heterocycles. The van der Waals surface area contributed by atoms with Crippen LogP contribution in [0, 0.1) is 0 Å². The molecule has 0 bridgehead atoms. The smallest absolute Gasteiger partial charge is 0.161 e. The number of nitrogens with one attached hydrogen (secondary N) is 1. The Bertz CT molecular complexity index is 526. The molecule has 0 aliphatic rings. The van der Waals surface area contributed by atoms with Crippen LogP contribution >= 0.6 is 0 Å². The van der Waals surface area contributed by atoms with Gasteiger partial charge >= 0.3 is 0 Å². The fraction of sp³-hybridized carbons (Fsp3) is 0.294. The number of benzene rings is 2. The fourth-order valence-electron chi connectivity index (χ4n) is 2.04. The Balaban J connectivity index is 1.93. The first-order valence-electron chi connectivity index (χ1n) is 6.88. The first-order chi connectivity index (χ1) is 9.83. The van der Waals surface area contributed by atoms with Gasteiger partial charge in [0.1, 0.15) is 0 Å². The van der Waals surface area contributed by atoms with Gasteiger partial charge in [-0.15, -0.1) is 0 Å². The normalized spacial score (nSPS) is 10.3. The van der Waals surface area contributed by atoms with Crippen molar-refractivity contribution in [1.82, 2.24) is 5.32 Å². The van der Waals surface area contributed by atoms with Crippen LogP contribution < -0.4 is 14.8 Å². The quantitative estimate of drug-likeness (QED) is 0.837. The first kappa shape index (κ1) is 14.4. The largest absolute Gasteiger partial charge is 0.493 e. The maximum absolute atomic E-state index is 5.51. The monoisotopic (exact) mass is 271 g/mol. The molecule has 2 aromatic rings. The minimum atomic E-state index is 0.641. The summed E-state index contributed by atoms with van der Waals surface area (Å²) < 4.78 is 10.9. The molecule has 2 aromatic carbocycles. The Morgan fingerprint density at radius 3 is 2.35 bits per heavy atom. The van der Waals surface area contributed by atoms with Gasteiger partial charge in [-0.05, 0) is 30.2 Å². The summed E-state index contributed by atoms with van der Waals surface area (Å²) in [7, 11) is 1.67. The molecule has 0 aliphatic heterocycles. The average Bonchev–Trinajstić information content (AvgIpc) is 2.50. The minimum Gasteiger partial charge on any atom is -0.493 e. The zero-order valence-electron chi connectivity index (χ0n) is 12.1. The van der Waals surface area contributed by atoms with Crippen LogP contribution in [0.2, 0.25) is 0 Å². The Morgan fingerprint density at radius 1 is 0.900 bits per heavy atom. The van der Waals surface area contributed by atoms with E-state index in [9.17, 15) is 0 Å². The third-order valence-electron chi connectivity index (χ3n) is 3.03. The Kier molecular flexibility index (Phi) is 5.44. The molecule has 0 aliphatic carbocycles. The maximum atomic E-state index is 5.51. The van der Waals surface area contributed by atoms with Gasteiger partial charge in [0, 0.05) is 13.1 Å². The molecule has 0 spiro atoms. The van der Waals surface area contributed by atoms with Crippen LogP contribution in [-0.2, 0) is 13.1 Å². The molecule has 20 heavy (non-hydrogen) atoms. The highest BCUT2D eigenvalue weighted by Gasteiger charge is 2.04. The molecule has 0 fully saturated rings. The van der Waals surface area contributed by atoms with E-state index in [0.29, 0.717) is 6.61 Å². The van der Waals surface area contributed by atoms with Gasteiger partial charge in [0.05, 0.1) is 13.7 Å². The second-order valence-corrected chi connectivity index (χ2v) is 4.51. The van der Waals surface area contributed by atoms with Crippen molar-refractivity contribution in [3.05, 3.63) is 59.7 Å². The van der Waals surface area contributed by atoms with Crippen molar-refractivity contribution >= 4 is 0 Å². The highest BCUT2D eigenvalue weighted by Crippen LogP contribution is 2.27. The lowest BCUT2D eigenvalue weighted by atomic mass is 10.2. The van der Waals surface area contributed by atoms with E-state index in [1.807, 2.05) is 25.1 Å². The van der Waals surface area contributed by atoms with Crippen LogP contribution in [0.1, 0.15) is 18.1 Å². The second-order valence-electron chi connectivity index (χ2n) is 4.51. The molecule has 106 valence electrons. The van der Waals surface area contributed by atoms with E-state index >= 15 is 0 Å². The Morgan fingerprint density at radius 2 is 1.65 bits per heavy atom. The number of hydrogen-bond donors (Lipinski definition) is 1. The summed E-state index contributed by atoms with van der Waals surface area (Å²) >= 11 is 0. The van der Waals surface area contributed by atoms with E-state index in [1.165, 1.54) is 11.1 Å². The van der Waals surface area contributed by atoms with Crippen LogP contribution in [0.4, 0.5) is 0 Å². The van der Waals surface area contributed by atoms with E-state index in [2.05, 4.69) is 35.6 Å². The minimum absolute atomic E-state index is 0.641. The lowest BCUT2D eigenvalue weighted by molar-refractivity contribution is 0.310. The van der Waals surface area contributed by atoms with Crippen molar-refractivity contribution < 1.29 is 9.47 Å². The SMILES string of the molecule is CCOc1ccc(CNCc2ccccc2)cc1OC. The van der Waals surface area contributed by atoms with Crippen molar-refractivity contribution in [2.24, 2.45) is 0 Å². The lowest BCUT2D eigenvalue weighted by Crippen LogP contribution is -2.12. The van der Waals surface area contributed by atoms with E-state index < -0.39 is 0 Å². The van der Waals surface area contributed by atoms with Crippen molar-refractivity contribution in [1.29, 1.82) is 0 Å². The molecule has 0 atom stereocenters. The zero-order chi connectivity index (χ0) is 14.2. The van der Waals surface area contributed by atoms with Gasteiger partial charge in [0.15, 0.2) is 11.5 Å². The second kappa shape index (κ2) is 7.56. The van der Waals surface area contributed by atoms with Gasteiger partial charge in [-0.25, -0.2) is 0 Å². The zero-order valence-corrected chi connectivity index (χ0v) is 12.1. The predicted molar refractivity (Wildman–Crippen MR) is 81.1 cm³/mol. The Hall–Kier alpha value is -2.00. The summed E-state index contributed by atoms with van der Waals surface area (Å²) in [5.74, 6) is 1.58. The highest BCUT2D eigenvalue weighted by atomic mass is 16.5. The van der Waals surface area contributed by atoms with Crippen molar-refractivity contribution in [3.8, 4) is 11.5 Å². The van der Waals surface area contributed by atoms with Crippen molar-refractivity contribution in [3.63, 3.8) is 0 Å². The number of hydrogen-bond acceptors (Lipinski definition) is 3. The van der Waals surface area contributed by atoms with E-state index in [4.69, 9.17) is 9.47 Å². The van der Waals surface area contributed by atoms with E-state index in [0.717, 1.165) is 24.6 Å². The van der Waals surface area contributed by atoms with Crippen molar-refractivity contribution in [2.75, 3.05) is 13.7 Å². The highest BCUT2D eigenvalue weighted by molar-refractivity contribution is 5.42. The summed E-state index contributed by atoms with van der Waals surface area (Å²) in [6.45, 7) is 4.27. The van der Waals surface area contributed by atoms with E-state index in [-0.39, 0.29) is 0 Å². The Labute approximate surface area is 120 Å². The number of rotatable bonds is 7. The summed E-state index contributed by atoms with van der Waals surface area (Å²) in [6, 6.07) is 16.4. The summed E-state index contributed by atoms with van der Waals surface area (Å²) in [4.78, 5) is 0. The molecule has 1 N–H and O–H groups in total. The third kappa shape index (κ3) is 4.00. The maximum Gasteiger partial charge on any atom is 0.161 e. The molecular weight excluding hydrogens is 250 g/mol. The molecule has 2 rings (SSSR count). The molecule has 3 heteroatoms. The van der Waals surface area contributed by atoms with Gasteiger partial charge < -0.3 is 14.8 Å². The van der Waals surface area contributed by atoms with Gasteiger partial charge in [-0.2, -0.15) is 0 Å². The third-order valence-corrected chi connectivity index (χ3v) is 3.03. The first-order valence-corrected chi connectivity index (χ1v) is 6.88. The number of ether oxygens (including phenoxy) is 2. The summed E-state index contributed by atoms with van der Waals surface area (Å²) in [6.07, 6.45) is 0. The predicted octanol–water partition coefficient (Wildman–Crippen LogP) is 3.38.